The summed E-state index contributed by atoms with van der Waals surface area (Å²) in [5.74, 6) is 0.411. The van der Waals surface area contributed by atoms with E-state index in [9.17, 15) is 18.0 Å². The Hall–Kier alpha value is -3.43. The molecule has 2 bridgehead atoms. The molecule has 1 fully saturated rings. The molecule has 1 amide bonds. The van der Waals surface area contributed by atoms with Gasteiger partial charge in [0.1, 0.15) is 5.75 Å². The van der Waals surface area contributed by atoms with E-state index in [1.807, 2.05) is 34.9 Å². The lowest BCUT2D eigenvalue weighted by Crippen LogP contribution is -2.49. The molecule has 2 atom stereocenters. The number of rotatable bonds is 5. The topological polar surface area (TPSA) is 97.7 Å². The Morgan fingerprint density at radius 3 is 2.34 bits per heavy atom. The summed E-state index contributed by atoms with van der Waals surface area (Å²) in [5.41, 5.74) is 3.32. The van der Waals surface area contributed by atoms with Crippen LogP contribution in [0.15, 0.2) is 70.4 Å². The van der Waals surface area contributed by atoms with Gasteiger partial charge in [0, 0.05) is 55.5 Å². The molecule has 0 aliphatic carbocycles. The molecule has 182 valence electrons. The molecule has 0 saturated carbocycles. The third-order valence-corrected chi connectivity index (χ3v) is 8.62. The normalized spacial score (nSPS) is 19.6. The van der Waals surface area contributed by atoms with Crippen molar-refractivity contribution in [1.29, 1.82) is 0 Å². The maximum atomic E-state index is 13.5. The van der Waals surface area contributed by atoms with Crippen molar-refractivity contribution in [1.82, 2.24) is 8.87 Å². The molecule has 2 aliphatic rings. The van der Waals surface area contributed by atoms with Crippen LogP contribution in [0.5, 0.6) is 5.75 Å². The minimum Gasteiger partial charge on any atom is -0.497 e. The number of nitrogens with zero attached hydrogens (tertiary/aromatic N) is 2. The lowest BCUT2D eigenvalue weighted by molar-refractivity contribution is -0.114. The number of sulfonamides is 1. The minimum absolute atomic E-state index is 0.0596. The van der Waals surface area contributed by atoms with E-state index >= 15 is 0 Å². The summed E-state index contributed by atoms with van der Waals surface area (Å²) in [4.78, 5) is 24.4. The number of hydrogen-bond acceptors (Lipinski definition) is 5. The zero-order chi connectivity index (χ0) is 24.7. The van der Waals surface area contributed by atoms with Crippen molar-refractivity contribution in [3.8, 4) is 16.9 Å². The first-order chi connectivity index (χ1) is 16.8. The van der Waals surface area contributed by atoms with Crippen LogP contribution < -0.4 is 15.6 Å². The molecular weight excluding hydrogens is 466 g/mol. The van der Waals surface area contributed by atoms with Crippen molar-refractivity contribution in [3.63, 3.8) is 0 Å². The summed E-state index contributed by atoms with van der Waals surface area (Å²) in [7, 11) is -2.14. The van der Waals surface area contributed by atoms with E-state index < -0.39 is 10.0 Å². The molecule has 2 aliphatic heterocycles. The summed E-state index contributed by atoms with van der Waals surface area (Å²) in [6, 6.07) is 17.3. The van der Waals surface area contributed by atoms with Crippen LogP contribution in [0.2, 0.25) is 0 Å². The van der Waals surface area contributed by atoms with Crippen LogP contribution in [0.3, 0.4) is 0 Å². The highest BCUT2D eigenvalue weighted by atomic mass is 32.2. The largest absolute Gasteiger partial charge is 0.497 e. The minimum atomic E-state index is -3.69. The summed E-state index contributed by atoms with van der Waals surface area (Å²) in [6.07, 6.45) is 0.828. The third-order valence-electron chi connectivity index (χ3n) is 6.77. The number of aromatic nitrogens is 1. The molecule has 1 saturated heterocycles. The highest BCUT2D eigenvalue weighted by Gasteiger charge is 2.40. The van der Waals surface area contributed by atoms with Gasteiger partial charge >= 0.3 is 0 Å². The van der Waals surface area contributed by atoms with Gasteiger partial charge in [0.15, 0.2) is 0 Å². The van der Waals surface area contributed by atoms with Crippen LogP contribution in [0.25, 0.3) is 11.1 Å². The van der Waals surface area contributed by atoms with Crippen LogP contribution in [0, 0.1) is 5.92 Å². The van der Waals surface area contributed by atoms with Crippen molar-refractivity contribution in [2.45, 2.75) is 30.7 Å². The average molecular weight is 494 g/mol. The molecule has 3 aromatic rings. The van der Waals surface area contributed by atoms with Gasteiger partial charge < -0.3 is 14.6 Å². The van der Waals surface area contributed by atoms with Crippen LogP contribution in [-0.2, 0) is 21.4 Å². The Morgan fingerprint density at radius 2 is 1.69 bits per heavy atom. The lowest BCUT2D eigenvalue weighted by Gasteiger charge is -2.42. The van der Waals surface area contributed by atoms with Crippen molar-refractivity contribution < 1.29 is 17.9 Å². The predicted molar refractivity (Wildman–Crippen MR) is 133 cm³/mol. The standard InChI is InChI=1S/C26H27N3O5S/c1-17(30)27-21-5-3-19(4-6-21)24-11-12-25(31)29-15-18-13-20(26(24)29)16-28(14-18)35(32,33)23-9-7-22(34-2)8-10-23/h3-12,18,20H,13-16H2,1-2H3,(H,27,30)/t18-,20+/m0/s1. The number of anilines is 1. The first-order valence-corrected chi connectivity index (χ1v) is 13.0. The van der Waals surface area contributed by atoms with E-state index in [4.69, 9.17) is 4.74 Å². The second kappa shape index (κ2) is 8.98. The Labute approximate surface area is 204 Å². The van der Waals surface area contributed by atoms with Gasteiger partial charge in [-0.25, -0.2) is 8.42 Å². The van der Waals surface area contributed by atoms with E-state index in [1.165, 1.54) is 6.92 Å². The first-order valence-electron chi connectivity index (χ1n) is 11.5. The Morgan fingerprint density at radius 1 is 0.971 bits per heavy atom. The summed E-state index contributed by atoms with van der Waals surface area (Å²) in [6.45, 7) is 2.63. The highest BCUT2D eigenvalue weighted by molar-refractivity contribution is 7.89. The van der Waals surface area contributed by atoms with E-state index in [0.29, 0.717) is 31.1 Å². The molecule has 0 unspecified atom stereocenters. The van der Waals surface area contributed by atoms with Gasteiger partial charge in [-0.1, -0.05) is 12.1 Å². The fourth-order valence-corrected chi connectivity index (χ4v) is 6.81. The van der Waals surface area contributed by atoms with Crippen molar-refractivity contribution in [3.05, 3.63) is 76.7 Å². The zero-order valence-corrected chi connectivity index (χ0v) is 20.4. The van der Waals surface area contributed by atoms with Gasteiger partial charge in [-0.2, -0.15) is 4.31 Å². The van der Waals surface area contributed by atoms with Gasteiger partial charge in [0.2, 0.25) is 15.9 Å². The Balaban J connectivity index is 1.50. The summed E-state index contributed by atoms with van der Waals surface area (Å²) in [5, 5.41) is 2.76. The van der Waals surface area contributed by atoms with Gasteiger partial charge in [-0.05, 0) is 60.4 Å². The molecule has 0 radical (unpaired) electrons. The zero-order valence-electron chi connectivity index (χ0n) is 19.6. The number of amides is 1. The predicted octanol–water partition coefficient (Wildman–Crippen LogP) is 3.29. The second-order valence-corrected chi connectivity index (χ2v) is 11.1. The fourth-order valence-electron chi connectivity index (χ4n) is 5.24. The number of pyridine rings is 1. The maximum absolute atomic E-state index is 13.5. The van der Waals surface area contributed by atoms with Gasteiger partial charge in [0.05, 0.1) is 12.0 Å². The van der Waals surface area contributed by atoms with E-state index in [-0.39, 0.29) is 28.2 Å². The molecule has 1 N–H and O–H groups in total. The van der Waals surface area contributed by atoms with Crippen LogP contribution >= 0.6 is 0 Å². The molecule has 0 spiro atoms. The third kappa shape index (κ3) is 4.37. The van der Waals surface area contributed by atoms with Gasteiger partial charge in [-0.3, -0.25) is 9.59 Å². The Kier molecular flexibility index (Phi) is 5.98. The number of carbonyl (C=O) groups excluding carboxylic acids is 1. The second-order valence-electron chi connectivity index (χ2n) is 9.14. The monoisotopic (exact) mass is 493 g/mol. The van der Waals surface area contributed by atoms with Crippen molar-refractivity contribution in [2.75, 3.05) is 25.5 Å². The van der Waals surface area contributed by atoms with E-state index in [1.54, 1.807) is 41.7 Å². The molecule has 9 heteroatoms. The van der Waals surface area contributed by atoms with Gasteiger partial charge in [0.25, 0.3) is 5.56 Å². The fraction of sp³-hybridized carbons (Fsp3) is 0.308. The maximum Gasteiger partial charge on any atom is 0.250 e. The highest BCUT2D eigenvalue weighted by Crippen LogP contribution is 2.41. The number of carbonyl (C=O) groups is 1. The summed E-state index contributed by atoms with van der Waals surface area (Å²) < 4.78 is 35.4. The van der Waals surface area contributed by atoms with Gasteiger partial charge in [-0.15, -0.1) is 0 Å². The number of hydrogen-bond donors (Lipinski definition) is 1. The number of nitrogens with one attached hydrogen (secondary N) is 1. The molecule has 5 rings (SSSR count). The summed E-state index contributed by atoms with van der Waals surface area (Å²) >= 11 is 0. The van der Waals surface area contributed by atoms with Crippen LogP contribution in [0.1, 0.15) is 25.0 Å². The molecule has 1 aromatic heterocycles. The number of fused-ring (bicyclic) bond motifs is 4. The molecule has 35 heavy (non-hydrogen) atoms. The van der Waals surface area contributed by atoms with E-state index in [2.05, 4.69) is 5.32 Å². The molecule has 8 nitrogen and oxygen atoms in total. The van der Waals surface area contributed by atoms with Crippen molar-refractivity contribution in [2.24, 2.45) is 5.92 Å². The molecule has 2 aromatic carbocycles. The SMILES string of the molecule is COc1ccc(S(=O)(=O)N2C[C@@H]3C[C@H](C2)c2c(-c4ccc(NC(C)=O)cc4)ccc(=O)n2C3)cc1. The molecular formula is C26H27N3O5S. The first kappa shape index (κ1) is 23.3. The Bertz CT molecular complexity index is 1430. The van der Waals surface area contributed by atoms with E-state index in [0.717, 1.165) is 23.2 Å². The average Bonchev–Trinajstić information content (AvgIpc) is 2.85. The van der Waals surface area contributed by atoms with Crippen LogP contribution in [0.4, 0.5) is 5.69 Å². The lowest BCUT2D eigenvalue weighted by atomic mass is 9.81. The van der Waals surface area contributed by atoms with Crippen molar-refractivity contribution >= 4 is 21.6 Å². The number of ether oxygens (including phenoxy) is 1. The number of methoxy groups -OCH3 is 1. The smallest absolute Gasteiger partial charge is 0.250 e. The van der Waals surface area contributed by atoms with Crippen LogP contribution in [-0.4, -0.2) is 43.4 Å². The quantitative estimate of drug-likeness (QED) is 0.588. The number of benzene rings is 2. The number of piperidine rings is 1. The molecule has 3 heterocycles.